The van der Waals surface area contributed by atoms with Gasteiger partial charge in [-0.25, -0.2) is 0 Å². The summed E-state index contributed by atoms with van der Waals surface area (Å²) in [6.07, 6.45) is 2.53. The van der Waals surface area contributed by atoms with E-state index in [0.29, 0.717) is 0 Å². The van der Waals surface area contributed by atoms with E-state index in [9.17, 15) is 4.79 Å². The lowest BCUT2D eigenvalue weighted by Gasteiger charge is -2.19. The van der Waals surface area contributed by atoms with E-state index in [1.807, 2.05) is 13.0 Å². The zero-order chi connectivity index (χ0) is 13.1. The van der Waals surface area contributed by atoms with Crippen molar-refractivity contribution in [1.82, 2.24) is 0 Å². The molecule has 0 aliphatic carbocycles. The number of carbonyl (C=O) groups is 1. The highest BCUT2D eigenvalue weighted by Crippen LogP contribution is 2.25. The third kappa shape index (κ3) is 2.96. The summed E-state index contributed by atoms with van der Waals surface area (Å²) in [6, 6.07) is 6.15. The zero-order valence-corrected chi connectivity index (χ0v) is 11.6. The number of hydrogen-bond donors (Lipinski definition) is 1. The van der Waals surface area contributed by atoms with Crippen molar-refractivity contribution in [2.45, 2.75) is 32.1 Å². The predicted octanol–water partition coefficient (Wildman–Crippen LogP) is 3.16. The van der Waals surface area contributed by atoms with Crippen LogP contribution in [0.5, 0.6) is 0 Å². The van der Waals surface area contributed by atoms with E-state index in [0.717, 1.165) is 24.3 Å². The second kappa shape index (κ2) is 5.61. The molecule has 0 radical (unpaired) electrons. The van der Waals surface area contributed by atoms with Gasteiger partial charge in [-0.05, 0) is 50.5 Å². The number of benzene rings is 1. The number of halogens is 1. The van der Waals surface area contributed by atoms with Gasteiger partial charge in [0.25, 0.3) is 0 Å². The van der Waals surface area contributed by atoms with Gasteiger partial charge >= 0.3 is 0 Å². The summed E-state index contributed by atoms with van der Waals surface area (Å²) >= 11 is 5.75. The van der Waals surface area contributed by atoms with E-state index in [1.165, 1.54) is 18.5 Å². The molecule has 1 amide bonds. The summed E-state index contributed by atoms with van der Waals surface area (Å²) in [4.78, 5) is 13.9. The number of rotatable bonds is 3. The van der Waals surface area contributed by atoms with Crippen LogP contribution in [-0.2, 0) is 4.79 Å². The largest absolute Gasteiger partial charge is 0.372 e. The molecule has 1 aromatic carbocycles. The molecule has 1 aliphatic rings. The molecule has 0 bridgehead atoms. The minimum atomic E-state index is -0.511. The number of aryl methyl sites for hydroxylation is 1. The number of alkyl halides is 1. The minimum absolute atomic E-state index is 0.159. The van der Waals surface area contributed by atoms with E-state index in [4.69, 9.17) is 11.6 Å². The molecule has 0 aromatic heterocycles. The third-order valence-corrected chi connectivity index (χ3v) is 3.50. The van der Waals surface area contributed by atoms with Gasteiger partial charge in [0.05, 0.1) is 0 Å². The van der Waals surface area contributed by atoms with Gasteiger partial charge < -0.3 is 10.2 Å². The van der Waals surface area contributed by atoms with Crippen molar-refractivity contribution in [2.24, 2.45) is 0 Å². The smallest absolute Gasteiger partial charge is 0.242 e. The lowest BCUT2D eigenvalue weighted by Crippen LogP contribution is -2.21. The Morgan fingerprint density at radius 1 is 1.39 bits per heavy atom. The van der Waals surface area contributed by atoms with Gasteiger partial charge in [0.1, 0.15) is 5.38 Å². The highest BCUT2D eigenvalue weighted by atomic mass is 35.5. The fourth-order valence-corrected chi connectivity index (χ4v) is 2.25. The van der Waals surface area contributed by atoms with Gasteiger partial charge in [0.15, 0.2) is 0 Å². The van der Waals surface area contributed by atoms with Crippen molar-refractivity contribution in [2.75, 3.05) is 23.3 Å². The fourth-order valence-electron chi connectivity index (χ4n) is 2.19. The van der Waals surface area contributed by atoms with Crippen molar-refractivity contribution < 1.29 is 4.79 Å². The first-order chi connectivity index (χ1) is 8.58. The molecule has 1 aliphatic heterocycles. The third-order valence-electron chi connectivity index (χ3n) is 3.30. The Bertz CT molecular complexity index is 439. The standard InChI is InChI=1S/C14H19ClN2O/c1-10-9-12(17-7-3-4-8-17)5-6-13(10)16-14(18)11(2)15/h5-6,9,11H,3-4,7-8H2,1-2H3,(H,16,18). The van der Waals surface area contributed by atoms with Gasteiger partial charge in [0, 0.05) is 24.5 Å². The van der Waals surface area contributed by atoms with Gasteiger partial charge in [-0.15, -0.1) is 11.6 Å². The monoisotopic (exact) mass is 266 g/mol. The number of anilines is 2. The molecular formula is C14H19ClN2O. The summed E-state index contributed by atoms with van der Waals surface area (Å²) < 4.78 is 0. The zero-order valence-electron chi connectivity index (χ0n) is 10.9. The molecule has 18 heavy (non-hydrogen) atoms. The molecule has 4 heteroatoms. The first-order valence-electron chi connectivity index (χ1n) is 6.38. The van der Waals surface area contributed by atoms with Crippen LogP contribution in [0.25, 0.3) is 0 Å². The van der Waals surface area contributed by atoms with Crippen molar-refractivity contribution in [3.8, 4) is 0 Å². The van der Waals surface area contributed by atoms with Crippen LogP contribution >= 0.6 is 11.6 Å². The van der Waals surface area contributed by atoms with E-state index >= 15 is 0 Å². The minimum Gasteiger partial charge on any atom is -0.372 e. The van der Waals surface area contributed by atoms with E-state index in [1.54, 1.807) is 6.92 Å². The Morgan fingerprint density at radius 3 is 2.61 bits per heavy atom. The fraction of sp³-hybridized carbons (Fsp3) is 0.500. The number of nitrogens with zero attached hydrogens (tertiary/aromatic N) is 1. The average molecular weight is 267 g/mol. The summed E-state index contributed by atoms with van der Waals surface area (Å²) in [6.45, 7) is 5.94. The second-order valence-electron chi connectivity index (χ2n) is 4.80. The summed E-state index contributed by atoms with van der Waals surface area (Å²) in [7, 11) is 0. The Labute approximate surface area is 113 Å². The SMILES string of the molecule is Cc1cc(N2CCCC2)ccc1NC(=O)C(C)Cl. The molecule has 1 unspecified atom stereocenters. The number of hydrogen-bond acceptors (Lipinski definition) is 2. The van der Waals surface area contributed by atoms with Gasteiger partial charge in [-0.3, -0.25) is 4.79 Å². The van der Waals surface area contributed by atoms with Crippen molar-refractivity contribution >= 4 is 28.9 Å². The Morgan fingerprint density at radius 2 is 2.06 bits per heavy atom. The molecule has 98 valence electrons. The summed E-state index contributed by atoms with van der Waals surface area (Å²) in [5.74, 6) is -0.159. The van der Waals surface area contributed by atoms with Crippen LogP contribution in [0.2, 0.25) is 0 Å². The Kier molecular flexibility index (Phi) is 4.12. The first-order valence-corrected chi connectivity index (χ1v) is 6.82. The molecule has 0 saturated carbocycles. The van der Waals surface area contributed by atoms with E-state index in [-0.39, 0.29) is 5.91 Å². The molecule has 1 saturated heterocycles. The summed E-state index contributed by atoms with van der Waals surface area (Å²) in [5.41, 5.74) is 3.16. The molecule has 1 N–H and O–H groups in total. The van der Waals surface area contributed by atoms with Crippen LogP contribution in [0, 0.1) is 6.92 Å². The molecular weight excluding hydrogens is 248 g/mol. The molecule has 2 rings (SSSR count). The van der Waals surface area contributed by atoms with Crippen LogP contribution < -0.4 is 10.2 Å². The Balaban J connectivity index is 2.12. The predicted molar refractivity (Wildman–Crippen MR) is 76.6 cm³/mol. The number of amides is 1. The maximum Gasteiger partial charge on any atom is 0.242 e. The van der Waals surface area contributed by atoms with Crippen LogP contribution in [-0.4, -0.2) is 24.4 Å². The van der Waals surface area contributed by atoms with Crippen molar-refractivity contribution in [3.05, 3.63) is 23.8 Å². The topological polar surface area (TPSA) is 32.3 Å². The molecule has 1 heterocycles. The lowest BCUT2D eigenvalue weighted by atomic mass is 10.1. The normalized spacial score (nSPS) is 16.7. The van der Waals surface area contributed by atoms with E-state index < -0.39 is 5.38 Å². The van der Waals surface area contributed by atoms with Crippen LogP contribution in [0.1, 0.15) is 25.3 Å². The highest BCUT2D eigenvalue weighted by Gasteiger charge is 2.14. The highest BCUT2D eigenvalue weighted by molar-refractivity contribution is 6.32. The lowest BCUT2D eigenvalue weighted by molar-refractivity contribution is -0.115. The van der Waals surface area contributed by atoms with Crippen molar-refractivity contribution in [3.63, 3.8) is 0 Å². The molecule has 0 spiro atoms. The first kappa shape index (κ1) is 13.2. The maximum absolute atomic E-state index is 11.6. The van der Waals surface area contributed by atoms with Crippen LogP contribution in [0.3, 0.4) is 0 Å². The van der Waals surface area contributed by atoms with E-state index in [2.05, 4.69) is 22.3 Å². The van der Waals surface area contributed by atoms with Crippen molar-refractivity contribution in [1.29, 1.82) is 0 Å². The van der Waals surface area contributed by atoms with Gasteiger partial charge in [-0.2, -0.15) is 0 Å². The second-order valence-corrected chi connectivity index (χ2v) is 5.45. The number of carbonyl (C=O) groups excluding carboxylic acids is 1. The molecule has 1 aromatic rings. The van der Waals surface area contributed by atoms with Gasteiger partial charge in [-0.1, -0.05) is 0 Å². The Hall–Kier alpha value is -1.22. The van der Waals surface area contributed by atoms with Crippen LogP contribution in [0.4, 0.5) is 11.4 Å². The maximum atomic E-state index is 11.6. The number of nitrogens with one attached hydrogen (secondary N) is 1. The molecule has 1 atom stereocenters. The average Bonchev–Trinajstić information content (AvgIpc) is 2.85. The molecule has 3 nitrogen and oxygen atoms in total. The van der Waals surface area contributed by atoms with Crippen LogP contribution in [0.15, 0.2) is 18.2 Å². The van der Waals surface area contributed by atoms with Gasteiger partial charge in [0.2, 0.25) is 5.91 Å². The quantitative estimate of drug-likeness (QED) is 0.853. The summed E-state index contributed by atoms with van der Waals surface area (Å²) in [5, 5.41) is 2.33. The molecule has 1 fully saturated rings.